The summed E-state index contributed by atoms with van der Waals surface area (Å²) >= 11 is 0. The monoisotopic (exact) mass is 354 g/mol. The van der Waals surface area contributed by atoms with Gasteiger partial charge in [0.05, 0.1) is 0 Å². The van der Waals surface area contributed by atoms with Crippen molar-refractivity contribution in [2.45, 2.75) is 0 Å². The first-order valence-corrected chi connectivity index (χ1v) is 3.84. The molecular weight excluding hydrogens is 344 g/mol. The molecule has 132 valence electrons. The van der Waals surface area contributed by atoms with Crippen LogP contribution in [0.2, 0.25) is 0 Å². The summed E-state index contributed by atoms with van der Waals surface area (Å²) in [6, 6.07) is 0. The number of hydrogen-bond acceptors (Lipinski definition) is 0. The van der Waals surface area contributed by atoms with E-state index in [0.29, 0.717) is 0 Å². The summed E-state index contributed by atoms with van der Waals surface area (Å²) in [5.74, 6) is 0. The molecule has 18 heteroatoms. The molecule has 0 aromatic heterocycles. The molecule has 0 aliphatic heterocycles. The van der Waals surface area contributed by atoms with Crippen LogP contribution in [0.15, 0.2) is 0 Å². The summed E-state index contributed by atoms with van der Waals surface area (Å²) in [7, 11) is -15.8. The van der Waals surface area contributed by atoms with Crippen molar-refractivity contribution in [1.29, 1.82) is 0 Å². The van der Waals surface area contributed by atoms with Crippen LogP contribution in [-0.4, -0.2) is 43.1 Å². The molecule has 0 bridgehead atoms. The molecule has 0 aromatic carbocycles. The molecule has 0 fully saturated rings. The Labute approximate surface area is 111 Å². The van der Waals surface area contributed by atoms with Gasteiger partial charge in [-0.15, -0.1) is 0 Å². The standard InChI is InChI=1S/3CH3O.3BF4/c3*1-2;3*2-1(3,4)5/h3*1H3;;;/q3*+1;3*-1. The Morgan fingerprint density at radius 1 is 0.333 bits per heavy atom. The van der Waals surface area contributed by atoms with E-state index in [4.69, 9.17) is 15.3 Å². The quantitative estimate of drug-likeness (QED) is 0.358. The Hall–Kier alpha value is -0.765. The van der Waals surface area contributed by atoms with Gasteiger partial charge >= 0.3 is 43.1 Å². The van der Waals surface area contributed by atoms with Crippen molar-refractivity contribution >= 4 is 21.8 Å². The lowest BCUT2D eigenvalue weighted by Gasteiger charge is -1.94. The number of halogens is 12. The van der Waals surface area contributed by atoms with Crippen LogP contribution in [0.3, 0.4) is 0 Å². The lowest BCUT2D eigenvalue weighted by atomic mass is 10.3. The fourth-order valence-corrected chi connectivity index (χ4v) is 0. The first-order valence-electron chi connectivity index (χ1n) is 3.84. The van der Waals surface area contributed by atoms with Gasteiger partial charge in [0.1, 0.15) is 0 Å². The fourth-order valence-electron chi connectivity index (χ4n) is 0. The molecule has 0 aliphatic carbocycles. The van der Waals surface area contributed by atoms with Gasteiger partial charge in [-0.1, -0.05) is 0 Å². The smallest absolute Gasteiger partial charge is 0.418 e. The van der Waals surface area contributed by atoms with Crippen LogP contribution in [0.1, 0.15) is 0 Å². The van der Waals surface area contributed by atoms with Crippen LogP contribution in [0, 0.1) is 0 Å². The second kappa shape index (κ2) is 21.5. The Morgan fingerprint density at radius 2 is 0.333 bits per heavy atom. The molecule has 3 nitrogen and oxygen atoms in total. The van der Waals surface area contributed by atoms with Crippen molar-refractivity contribution in [2.24, 2.45) is 0 Å². The van der Waals surface area contributed by atoms with E-state index in [1.165, 1.54) is 0 Å². The van der Waals surface area contributed by atoms with Crippen molar-refractivity contribution in [3.05, 3.63) is 0 Å². The average Bonchev–Trinajstić information content (AvgIpc) is 2.18. The van der Waals surface area contributed by atoms with Crippen molar-refractivity contribution in [1.82, 2.24) is 0 Å². The Balaban J connectivity index is -0.0000000340. The second-order valence-corrected chi connectivity index (χ2v) is 1.48. The number of rotatable bonds is 0. The van der Waals surface area contributed by atoms with E-state index in [1.54, 1.807) is 0 Å². The molecule has 0 rings (SSSR count). The van der Waals surface area contributed by atoms with Crippen molar-refractivity contribution in [3.8, 4) is 0 Å². The minimum Gasteiger partial charge on any atom is -0.418 e. The molecule has 6 radical (unpaired) electrons. The Kier molecular flexibility index (Phi) is 37.9. The highest BCUT2D eigenvalue weighted by Crippen LogP contribution is 2.07. The molecule has 0 saturated carbocycles. The highest BCUT2D eigenvalue weighted by molar-refractivity contribution is 6.50. The maximum atomic E-state index is 9.75. The third kappa shape index (κ3) is 9760. The minimum absolute atomic E-state index is 0.750. The zero-order valence-corrected chi connectivity index (χ0v) is 10.5. The van der Waals surface area contributed by atoms with Gasteiger partial charge in [0.2, 0.25) is 0 Å². The van der Waals surface area contributed by atoms with Crippen LogP contribution < -0.4 is 0 Å². The van der Waals surface area contributed by atoms with E-state index >= 15 is 0 Å². The van der Waals surface area contributed by atoms with Crippen LogP contribution in [-0.2, 0) is 15.3 Å². The minimum atomic E-state index is -6.00. The van der Waals surface area contributed by atoms with Gasteiger partial charge in [-0.05, 0) is 0 Å². The largest absolute Gasteiger partial charge is 0.673 e. The summed E-state index contributed by atoms with van der Waals surface area (Å²) in [6.07, 6.45) is 0. The maximum absolute atomic E-state index is 9.75. The normalized spacial score (nSPS) is 9.43. The van der Waals surface area contributed by atoms with Crippen LogP contribution in [0.25, 0.3) is 0 Å². The summed E-state index contributed by atoms with van der Waals surface area (Å²) in [6.45, 7) is 0. The lowest BCUT2D eigenvalue weighted by Crippen LogP contribution is -2.02. The first kappa shape index (κ1) is 36.9. The Morgan fingerprint density at radius 3 is 0.333 bits per heavy atom. The predicted octanol–water partition coefficient (Wildman–Crippen LogP) is 4.04. The summed E-state index contributed by atoms with van der Waals surface area (Å²) in [4.78, 5) is 0. The highest BCUT2D eigenvalue weighted by atomic mass is 19.5. The van der Waals surface area contributed by atoms with E-state index < -0.39 is 21.8 Å². The van der Waals surface area contributed by atoms with Gasteiger partial charge in [0.25, 0.3) is 15.3 Å². The molecular formula is C3H9B3F12O3. The maximum Gasteiger partial charge on any atom is 0.673 e. The third-order valence-electron chi connectivity index (χ3n) is 0. The van der Waals surface area contributed by atoms with Gasteiger partial charge < -0.3 is 51.8 Å². The fraction of sp³-hybridized carbons (Fsp3) is 1.00. The third-order valence-corrected chi connectivity index (χ3v) is 0. The van der Waals surface area contributed by atoms with Crippen molar-refractivity contribution in [2.75, 3.05) is 21.3 Å². The first-order chi connectivity index (χ1) is 9.00. The molecule has 0 heterocycles. The lowest BCUT2D eigenvalue weighted by molar-refractivity contribution is 0.282. The molecule has 21 heavy (non-hydrogen) atoms. The van der Waals surface area contributed by atoms with Crippen molar-refractivity contribution < 1.29 is 67.1 Å². The van der Waals surface area contributed by atoms with Crippen molar-refractivity contribution in [3.63, 3.8) is 0 Å². The summed E-state index contributed by atoms with van der Waals surface area (Å²) in [5, 5.41) is 24.8. The SMILES string of the molecule is C[O+].C[O+].C[O+].F[B-](F)(F)F.F[B-](F)(F)F.F[B-](F)(F)F. The molecule has 0 amide bonds. The topological polar surface area (TPSA) is 59.7 Å². The molecule has 0 unspecified atom stereocenters. The molecule has 0 atom stereocenters. The summed E-state index contributed by atoms with van der Waals surface area (Å²) in [5.41, 5.74) is 0. The van der Waals surface area contributed by atoms with E-state index in [-0.39, 0.29) is 0 Å². The number of hydrogen-bond donors (Lipinski definition) is 0. The van der Waals surface area contributed by atoms with Gasteiger partial charge in [0.15, 0.2) is 0 Å². The summed E-state index contributed by atoms with van der Waals surface area (Å²) < 4.78 is 117. The Bertz CT molecular complexity index is 110. The molecule has 0 N–H and O–H groups in total. The molecule has 0 spiro atoms. The zero-order chi connectivity index (χ0) is 19.5. The highest BCUT2D eigenvalue weighted by Gasteiger charge is 2.21. The van der Waals surface area contributed by atoms with Crippen LogP contribution >= 0.6 is 0 Å². The van der Waals surface area contributed by atoms with E-state index in [2.05, 4.69) is 0 Å². The van der Waals surface area contributed by atoms with Gasteiger partial charge in [-0.25, -0.2) is 0 Å². The van der Waals surface area contributed by atoms with Crippen LogP contribution in [0.4, 0.5) is 51.8 Å². The molecule has 0 aliphatic rings. The zero-order valence-electron chi connectivity index (χ0n) is 10.5. The molecule has 0 aromatic rings. The second-order valence-electron chi connectivity index (χ2n) is 1.48. The average molecular weight is 354 g/mol. The van der Waals surface area contributed by atoms with Crippen LogP contribution in [0.5, 0.6) is 0 Å². The van der Waals surface area contributed by atoms with E-state index in [1.807, 2.05) is 0 Å². The predicted molar refractivity (Wildman–Crippen MR) is 50.4 cm³/mol. The van der Waals surface area contributed by atoms with Gasteiger partial charge in [-0.3, -0.25) is 0 Å². The van der Waals surface area contributed by atoms with Gasteiger partial charge in [0, 0.05) is 0 Å². The van der Waals surface area contributed by atoms with Gasteiger partial charge in [-0.2, -0.15) is 0 Å². The molecule has 0 saturated heterocycles. The van der Waals surface area contributed by atoms with E-state index in [9.17, 15) is 51.8 Å². The van der Waals surface area contributed by atoms with E-state index in [0.717, 1.165) is 21.3 Å².